The number of rotatable bonds is 4. The lowest BCUT2D eigenvalue weighted by molar-refractivity contribution is 0.179. The molecular weight excluding hydrogens is 255 g/mol. The van der Waals surface area contributed by atoms with Gasteiger partial charge in [-0.15, -0.1) is 0 Å². The molecule has 0 fully saturated rings. The lowest BCUT2D eigenvalue weighted by Crippen LogP contribution is -2.35. The molecule has 1 aliphatic rings. The molecule has 0 radical (unpaired) electrons. The molecule has 0 saturated carbocycles. The van der Waals surface area contributed by atoms with E-state index in [1.54, 1.807) is 6.20 Å². The summed E-state index contributed by atoms with van der Waals surface area (Å²) in [5.74, 6) is 0.602. The van der Waals surface area contributed by atoms with Gasteiger partial charge in [0.25, 0.3) is 0 Å². The first kappa shape index (κ1) is 13.1. The summed E-state index contributed by atoms with van der Waals surface area (Å²) in [6.45, 7) is 2.82. The van der Waals surface area contributed by atoms with Crippen molar-refractivity contribution in [2.24, 2.45) is 0 Å². The first-order valence-electron chi connectivity index (χ1n) is 6.86. The third-order valence-electron chi connectivity index (χ3n) is 3.55. The van der Waals surface area contributed by atoms with Crippen LogP contribution in [-0.2, 0) is 6.42 Å². The number of nitrogens with zero attached hydrogens (tertiary/aromatic N) is 1. The fraction of sp³-hybridized carbons (Fsp3) is 0.312. The van der Waals surface area contributed by atoms with E-state index >= 15 is 0 Å². The number of para-hydroxylation sites is 1. The average molecular weight is 272 g/mol. The summed E-state index contributed by atoms with van der Waals surface area (Å²) in [5, 5.41) is 3.37. The molecular formula is C16H17FN2O. The second-order valence-electron chi connectivity index (χ2n) is 4.94. The van der Waals surface area contributed by atoms with Crippen molar-refractivity contribution in [3.8, 4) is 5.75 Å². The maximum absolute atomic E-state index is 13.4. The molecule has 4 heteroatoms. The Kier molecular flexibility index (Phi) is 3.65. The average Bonchev–Trinajstić information content (AvgIpc) is 2.88. The van der Waals surface area contributed by atoms with Crippen LogP contribution in [0.15, 0.2) is 42.7 Å². The van der Waals surface area contributed by atoms with Gasteiger partial charge in [0.15, 0.2) is 0 Å². The molecule has 2 unspecified atom stereocenters. The molecule has 0 amide bonds. The Morgan fingerprint density at radius 1 is 1.40 bits per heavy atom. The molecule has 0 bridgehead atoms. The highest BCUT2D eigenvalue weighted by atomic mass is 19.1. The van der Waals surface area contributed by atoms with E-state index in [0.717, 1.165) is 24.3 Å². The van der Waals surface area contributed by atoms with Gasteiger partial charge >= 0.3 is 0 Å². The van der Waals surface area contributed by atoms with Gasteiger partial charge in [-0.05, 0) is 29.8 Å². The van der Waals surface area contributed by atoms with E-state index in [9.17, 15) is 4.39 Å². The van der Waals surface area contributed by atoms with Crippen LogP contribution in [0.1, 0.15) is 24.1 Å². The van der Waals surface area contributed by atoms with E-state index in [2.05, 4.69) is 16.4 Å². The molecule has 0 spiro atoms. The van der Waals surface area contributed by atoms with Gasteiger partial charge in [-0.1, -0.05) is 25.1 Å². The highest BCUT2D eigenvalue weighted by Crippen LogP contribution is 2.33. The maximum atomic E-state index is 13.4. The Hall–Kier alpha value is -1.94. The van der Waals surface area contributed by atoms with Crippen LogP contribution in [0.5, 0.6) is 5.75 Å². The molecule has 1 N–H and O–H groups in total. The minimum atomic E-state index is -0.319. The van der Waals surface area contributed by atoms with Crippen LogP contribution in [0.25, 0.3) is 0 Å². The predicted octanol–water partition coefficient (Wildman–Crippen LogP) is 2.88. The van der Waals surface area contributed by atoms with E-state index in [0.29, 0.717) is 0 Å². The molecule has 20 heavy (non-hydrogen) atoms. The summed E-state index contributed by atoms with van der Waals surface area (Å²) < 4.78 is 19.4. The van der Waals surface area contributed by atoms with E-state index in [1.807, 2.05) is 25.1 Å². The smallest absolute Gasteiger partial charge is 0.141 e. The van der Waals surface area contributed by atoms with Crippen molar-refractivity contribution >= 4 is 0 Å². The van der Waals surface area contributed by atoms with Crippen LogP contribution >= 0.6 is 0 Å². The maximum Gasteiger partial charge on any atom is 0.141 e. The van der Waals surface area contributed by atoms with Gasteiger partial charge in [-0.3, -0.25) is 4.98 Å². The van der Waals surface area contributed by atoms with Gasteiger partial charge in [-0.2, -0.15) is 0 Å². The van der Waals surface area contributed by atoms with Crippen molar-refractivity contribution in [3.05, 3.63) is 59.7 Å². The molecule has 1 aromatic carbocycles. The standard InChI is InChI=1S/C16H17FN2O/c1-2-19-16(12-7-13(17)10-18-9-12)15-8-11-5-3-4-6-14(11)20-15/h3-7,9-10,15-16,19H,2,8H2,1H3. The lowest BCUT2D eigenvalue weighted by atomic mass is 9.99. The lowest BCUT2D eigenvalue weighted by Gasteiger charge is -2.24. The van der Waals surface area contributed by atoms with Crippen molar-refractivity contribution in [2.45, 2.75) is 25.5 Å². The highest BCUT2D eigenvalue weighted by Gasteiger charge is 2.31. The summed E-state index contributed by atoms with van der Waals surface area (Å²) in [6, 6.07) is 9.48. The summed E-state index contributed by atoms with van der Waals surface area (Å²) in [5.41, 5.74) is 2.02. The normalized spacial score (nSPS) is 18.4. The van der Waals surface area contributed by atoms with E-state index < -0.39 is 0 Å². The Morgan fingerprint density at radius 3 is 3.00 bits per heavy atom. The van der Waals surface area contributed by atoms with Crippen LogP contribution in [0.3, 0.4) is 0 Å². The summed E-state index contributed by atoms with van der Waals surface area (Å²) in [6.07, 6.45) is 3.71. The summed E-state index contributed by atoms with van der Waals surface area (Å²) in [7, 11) is 0. The van der Waals surface area contributed by atoms with E-state index in [1.165, 1.54) is 17.8 Å². The quantitative estimate of drug-likeness (QED) is 0.929. The number of hydrogen-bond donors (Lipinski definition) is 1. The Morgan fingerprint density at radius 2 is 2.25 bits per heavy atom. The summed E-state index contributed by atoms with van der Waals surface area (Å²) in [4.78, 5) is 3.94. The Bertz CT molecular complexity index is 578. The monoisotopic (exact) mass is 272 g/mol. The molecule has 2 aromatic rings. The summed E-state index contributed by atoms with van der Waals surface area (Å²) >= 11 is 0. The zero-order chi connectivity index (χ0) is 13.9. The molecule has 2 heterocycles. The molecule has 2 atom stereocenters. The minimum absolute atomic E-state index is 0.0315. The highest BCUT2D eigenvalue weighted by molar-refractivity contribution is 5.38. The van der Waals surface area contributed by atoms with Crippen LogP contribution < -0.4 is 10.1 Å². The molecule has 3 rings (SSSR count). The largest absolute Gasteiger partial charge is 0.488 e. The fourth-order valence-corrected chi connectivity index (χ4v) is 2.68. The Balaban J connectivity index is 1.86. The number of benzene rings is 1. The topological polar surface area (TPSA) is 34.2 Å². The number of likely N-dealkylation sites (N-methyl/N-ethyl adjacent to an activating group) is 1. The van der Waals surface area contributed by atoms with Gasteiger partial charge in [-0.25, -0.2) is 4.39 Å². The van der Waals surface area contributed by atoms with Crippen molar-refractivity contribution in [2.75, 3.05) is 6.54 Å². The third-order valence-corrected chi connectivity index (χ3v) is 3.55. The Labute approximate surface area is 117 Å². The second kappa shape index (κ2) is 5.59. The van der Waals surface area contributed by atoms with Gasteiger partial charge in [0.2, 0.25) is 0 Å². The van der Waals surface area contributed by atoms with Gasteiger partial charge < -0.3 is 10.1 Å². The minimum Gasteiger partial charge on any atom is -0.488 e. The van der Waals surface area contributed by atoms with Crippen LogP contribution in [0.2, 0.25) is 0 Å². The van der Waals surface area contributed by atoms with Gasteiger partial charge in [0.05, 0.1) is 12.2 Å². The zero-order valence-corrected chi connectivity index (χ0v) is 11.3. The number of ether oxygens (including phenoxy) is 1. The number of fused-ring (bicyclic) bond motifs is 1. The second-order valence-corrected chi connectivity index (χ2v) is 4.94. The number of nitrogens with one attached hydrogen (secondary N) is 1. The first-order valence-corrected chi connectivity index (χ1v) is 6.86. The van der Waals surface area contributed by atoms with Crippen molar-refractivity contribution in [1.29, 1.82) is 0 Å². The number of halogens is 1. The van der Waals surface area contributed by atoms with Crippen LogP contribution in [0.4, 0.5) is 4.39 Å². The first-order chi connectivity index (χ1) is 9.78. The SMILES string of the molecule is CCNC(c1cncc(F)c1)C1Cc2ccccc2O1. The molecule has 0 aliphatic carbocycles. The molecule has 0 saturated heterocycles. The molecule has 1 aromatic heterocycles. The zero-order valence-electron chi connectivity index (χ0n) is 11.3. The van der Waals surface area contributed by atoms with Crippen LogP contribution in [0, 0.1) is 5.82 Å². The van der Waals surface area contributed by atoms with Crippen molar-refractivity contribution in [1.82, 2.24) is 10.3 Å². The third kappa shape index (κ3) is 2.51. The molecule has 104 valence electrons. The van der Waals surface area contributed by atoms with Crippen molar-refractivity contribution < 1.29 is 9.13 Å². The number of pyridine rings is 1. The predicted molar refractivity (Wildman–Crippen MR) is 75.2 cm³/mol. The van der Waals surface area contributed by atoms with E-state index in [-0.39, 0.29) is 18.0 Å². The van der Waals surface area contributed by atoms with E-state index in [4.69, 9.17) is 4.74 Å². The molecule has 1 aliphatic heterocycles. The fourth-order valence-electron chi connectivity index (χ4n) is 2.68. The van der Waals surface area contributed by atoms with Crippen molar-refractivity contribution in [3.63, 3.8) is 0 Å². The van der Waals surface area contributed by atoms with Gasteiger partial charge in [0.1, 0.15) is 17.7 Å². The number of aromatic nitrogens is 1. The molecule has 3 nitrogen and oxygen atoms in total. The van der Waals surface area contributed by atoms with Crippen LogP contribution in [-0.4, -0.2) is 17.6 Å². The van der Waals surface area contributed by atoms with Gasteiger partial charge in [0, 0.05) is 12.6 Å². The number of hydrogen-bond acceptors (Lipinski definition) is 3.